The Morgan fingerprint density at radius 3 is 2.59 bits per heavy atom. The fourth-order valence-corrected chi connectivity index (χ4v) is 1.71. The van der Waals surface area contributed by atoms with E-state index in [9.17, 15) is 23.0 Å². The normalized spacial score (nSPS) is 24.5. The zero-order chi connectivity index (χ0) is 13.2. The number of rotatable bonds is 4. The van der Waals surface area contributed by atoms with Gasteiger partial charge in [-0.15, -0.1) is 0 Å². The summed E-state index contributed by atoms with van der Waals surface area (Å²) in [4.78, 5) is 34.0. The number of urea groups is 1. The summed E-state index contributed by atoms with van der Waals surface area (Å²) < 4.78 is 24.1. The van der Waals surface area contributed by atoms with Crippen molar-refractivity contribution in [3.8, 4) is 0 Å². The molecule has 8 heteroatoms. The average molecular weight is 264 g/mol. The largest absolute Gasteiger partial charge is 0.330 e. The molecule has 17 heavy (non-hydrogen) atoms. The van der Waals surface area contributed by atoms with E-state index in [1.807, 2.05) is 0 Å². The molecule has 0 aromatic carbocycles. The summed E-state index contributed by atoms with van der Waals surface area (Å²) in [5, 5.41) is 1.52. The molecule has 0 bridgehead atoms. The van der Waals surface area contributed by atoms with E-state index in [2.05, 4.69) is 0 Å². The lowest BCUT2D eigenvalue weighted by molar-refractivity contribution is -0.143. The number of carbonyl (C=O) groups excluding carboxylic acids is 3. The third-order valence-electron chi connectivity index (χ3n) is 2.51. The van der Waals surface area contributed by atoms with Crippen molar-refractivity contribution in [2.45, 2.75) is 24.8 Å². The number of carbonyl (C=O) groups is 3. The van der Waals surface area contributed by atoms with Gasteiger partial charge in [0.1, 0.15) is 0 Å². The second-order valence-corrected chi connectivity index (χ2v) is 5.55. The molecule has 1 rings (SSSR count). The molecule has 3 unspecified atom stereocenters. The van der Waals surface area contributed by atoms with Gasteiger partial charge in [-0.3, -0.25) is 24.0 Å². The zero-order valence-electron chi connectivity index (χ0n) is 9.44. The molecule has 96 valence electrons. The molecule has 0 saturated carbocycles. The SMILES string of the molecule is CC(CCN1C(=O)NC(=O)C(F)C1=O)S(C)=O. The van der Waals surface area contributed by atoms with Crippen LogP contribution in [0.4, 0.5) is 9.18 Å². The van der Waals surface area contributed by atoms with Gasteiger partial charge in [-0.2, -0.15) is 0 Å². The monoisotopic (exact) mass is 264 g/mol. The maximum atomic E-state index is 13.1. The van der Waals surface area contributed by atoms with Crippen molar-refractivity contribution in [2.75, 3.05) is 12.8 Å². The van der Waals surface area contributed by atoms with E-state index >= 15 is 0 Å². The Morgan fingerprint density at radius 1 is 1.47 bits per heavy atom. The van der Waals surface area contributed by atoms with E-state index in [1.54, 1.807) is 12.2 Å². The van der Waals surface area contributed by atoms with Crippen molar-refractivity contribution in [1.29, 1.82) is 0 Å². The molecule has 3 atom stereocenters. The number of nitrogens with one attached hydrogen (secondary N) is 1. The minimum atomic E-state index is -2.34. The molecule has 6 nitrogen and oxygen atoms in total. The van der Waals surface area contributed by atoms with E-state index in [0.717, 1.165) is 0 Å². The van der Waals surface area contributed by atoms with Crippen LogP contribution in [0.2, 0.25) is 0 Å². The Labute approximate surface area is 100.0 Å². The molecular weight excluding hydrogens is 251 g/mol. The number of hydrogen-bond donors (Lipinski definition) is 1. The number of imide groups is 2. The smallest absolute Gasteiger partial charge is 0.275 e. The first-order valence-corrected chi connectivity index (χ1v) is 6.59. The van der Waals surface area contributed by atoms with Gasteiger partial charge in [0.05, 0.1) is 0 Å². The summed E-state index contributed by atoms with van der Waals surface area (Å²) in [6.07, 6.45) is -0.539. The molecule has 1 fully saturated rings. The molecule has 4 amide bonds. The molecule has 0 aromatic rings. The van der Waals surface area contributed by atoms with Crippen molar-refractivity contribution in [2.24, 2.45) is 0 Å². The number of alkyl halides is 1. The van der Waals surface area contributed by atoms with Crippen molar-refractivity contribution < 1.29 is 23.0 Å². The minimum absolute atomic E-state index is 0.0564. The zero-order valence-corrected chi connectivity index (χ0v) is 10.3. The molecular formula is C9H13FN2O4S. The van der Waals surface area contributed by atoms with Crippen molar-refractivity contribution >= 4 is 28.6 Å². The van der Waals surface area contributed by atoms with Crippen LogP contribution in [0.15, 0.2) is 0 Å². The molecule has 0 aromatic heterocycles. The summed E-state index contributed by atoms with van der Waals surface area (Å²) in [6.45, 7) is 1.64. The minimum Gasteiger partial charge on any atom is -0.275 e. The molecule has 1 heterocycles. The van der Waals surface area contributed by atoms with Crippen molar-refractivity contribution in [3.05, 3.63) is 0 Å². The molecule has 1 aliphatic rings. The molecule has 1 aliphatic heterocycles. The number of amides is 4. The van der Waals surface area contributed by atoms with Crippen LogP contribution < -0.4 is 5.32 Å². The van der Waals surface area contributed by atoms with Gasteiger partial charge in [-0.25, -0.2) is 9.18 Å². The Balaban J connectivity index is 2.64. The Hall–Kier alpha value is -1.31. The highest BCUT2D eigenvalue weighted by atomic mass is 32.2. The lowest BCUT2D eigenvalue weighted by atomic mass is 10.2. The van der Waals surface area contributed by atoms with Gasteiger partial charge in [-0.05, 0) is 6.42 Å². The fraction of sp³-hybridized carbons (Fsp3) is 0.667. The van der Waals surface area contributed by atoms with Gasteiger partial charge in [0.2, 0.25) is 0 Å². The summed E-state index contributed by atoms with van der Waals surface area (Å²) in [7, 11) is -1.08. The first kappa shape index (κ1) is 13.8. The highest BCUT2D eigenvalue weighted by molar-refractivity contribution is 7.84. The average Bonchev–Trinajstić information content (AvgIpc) is 2.25. The van der Waals surface area contributed by atoms with E-state index in [0.29, 0.717) is 11.3 Å². The highest BCUT2D eigenvalue weighted by Crippen LogP contribution is 2.10. The number of hydrogen-bond acceptors (Lipinski definition) is 4. The van der Waals surface area contributed by atoms with Crippen LogP contribution in [-0.4, -0.2) is 51.2 Å². The lowest BCUT2D eigenvalue weighted by Crippen LogP contribution is -2.59. The number of barbiturate groups is 1. The van der Waals surface area contributed by atoms with Crippen LogP contribution in [0.25, 0.3) is 0 Å². The standard InChI is InChI=1S/C9H13FN2O4S/c1-5(17(2)16)3-4-12-8(14)6(10)7(13)11-9(12)15/h5-6H,3-4H2,1-2H3,(H,11,13,15). The van der Waals surface area contributed by atoms with Crippen LogP contribution >= 0.6 is 0 Å². The predicted octanol–water partition coefficient (Wildman–Crippen LogP) is -0.440. The molecule has 0 spiro atoms. The summed E-state index contributed by atoms with van der Waals surface area (Å²) in [5.74, 6) is -2.39. The predicted molar refractivity (Wildman–Crippen MR) is 58.3 cm³/mol. The first-order valence-electron chi connectivity index (χ1n) is 4.97. The van der Waals surface area contributed by atoms with E-state index in [4.69, 9.17) is 0 Å². The Morgan fingerprint density at radius 2 is 2.06 bits per heavy atom. The Kier molecular flexibility index (Phi) is 4.33. The summed E-state index contributed by atoms with van der Waals surface area (Å²) >= 11 is 0. The van der Waals surface area contributed by atoms with Gasteiger partial charge in [0.15, 0.2) is 0 Å². The quantitative estimate of drug-likeness (QED) is 0.698. The van der Waals surface area contributed by atoms with Crippen LogP contribution in [0.5, 0.6) is 0 Å². The maximum Gasteiger partial charge on any atom is 0.330 e. The number of nitrogens with zero attached hydrogens (tertiary/aromatic N) is 1. The summed E-state index contributed by atoms with van der Waals surface area (Å²) in [6, 6.07) is -0.928. The van der Waals surface area contributed by atoms with Gasteiger partial charge < -0.3 is 0 Å². The lowest BCUT2D eigenvalue weighted by Gasteiger charge is -2.27. The van der Waals surface area contributed by atoms with Crippen LogP contribution in [0.1, 0.15) is 13.3 Å². The second kappa shape index (κ2) is 5.35. The topological polar surface area (TPSA) is 83.6 Å². The Bertz CT molecular complexity index is 387. The summed E-state index contributed by atoms with van der Waals surface area (Å²) in [5.41, 5.74) is 0. The fourth-order valence-electron chi connectivity index (χ4n) is 1.27. The second-order valence-electron chi connectivity index (χ2n) is 3.74. The van der Waals surface area contributed by atoms with Crippen molar-refractivity contribution in [3.63, 3.8) is 0 Å². The third kappa shape index (κ3) is 3.09. The van der Waals surface area contributed by atoms with Crippen LogP contribution in [0.3, 0.4) is 0 Å². The highest BCUT2D eigenvalue weighted by Gasteiger charge is 2.40. The van der Waals surface area contributed by atoms with Crippen LogP contribution in [-0.2, 0) is 20.4 Å². The van der Waals surface area contributed by atoms with E-state index in [-0.39, 0.29) is 11.8 Å². The van der Waals surface area contributed by atoms with E-state index in [1.165, 1.54) is 6.26 Å². The van der Waals surface area contributed by atoms with Crippen LogP contribution in [0, 0.1) is 0 Å². The van der Waals surface area contributed by atoms with E-state index < -0.39 is 34.8 Å². The van der Waals surface area contributed by atoms with Gasteiger partial charge in [0.25, 0.3) is 18.0 Å². The van der Waals surface area contributed by atoms with Gasteiger partial charge in [0, 0.05) is 28.9 Å². The van der Waals surface area contributed by atoms with Gasteiger partial charge >= 0.3 is 6.03 Å². The third-order valence-corrected chi connectivity index (χ3v) is 3.88. The molecule has 0 radical (unpaired) electrons. The molecule has 1 saturated heterocycles. The molecule has 0 aliphatic carbocycles. The number of halogens is 1. The first-order chi connectivity index (χ1) is 7.84. The molecule has 1 N–H and O–H groups in total. The van der Waals surface area contributed by atoms with Crippen molar-refractivity contribution in [1.82, 2.24) is 10.2 Å². The van der Waals surface area contributed by atoms with Gasteiger partial charge in [-0.1, -0.05) is 6.92 Å². The maximum absolute atomic E-state index is 13.1.